The Kier molecular flexibility index (Phi) is 4.90. The van der Waals surface area contributed by atoms with Crippen molar-refractivity contribution in [3.05, 3.63) is 54.2 Å². The van der Waals surface area contributed by atoms with Crippen molar-refractivity contribution >= 4 is 11.6 Å². The fraction of sp³-hybridized carbons (Fsp3) is 0.606. The summed E-state index contributed by atoms with van der Waals surface area (Å²) in [4.78, 5) is 30.3. The molecular formula is C33H36FN5O2. The summed E-state index contributed by atoms with van der Waals surface area (Å²) in [6, 6.07) is 8.24. The van der Waals surface area contributed by atoms with Crippen molar-refractivity contribution in [3.8, 4) is 11.1 Å². The summed E-state index contributed by atoms with van der Waals surface area (Å²) in [7, 11) is 0. The molecule has 0 saturated heterocycles. The maximum Gasteiger partial charge on any atom is 0.233 e. The van der Waals surface area contributed by atoms with E-state index in [1.807, 2.05) is 29.4 Å². The topological polar surface area (TPSA) is 85.0 Å². The third kappa shape index (κ3) is 3.85. The van der Waals surface area contributed by atoms with Gasteiger partial charge in [0.15, 0.2) is 5.82 Å². The molecule has 0 N–H and O–H groups in total. The molecule has 7 nitrogen and oxygen atoms in total. The first kappa shape index (κ1) is 24.4. The number of benzene rings is 1. The molecule has 0 spiro atoms. The Morgan fingerprint density at radius 1 is 0.902 bits per heavy atom. The number of carbonyl (C=O) groups is 1. The van der Waals surface area contributed by atoms with Crippen LogP contribution in [-0.2, 0) is 10.2 Å². The molecule has 2 aromatic heterocycles. The highest BCUT2D eigenvalue weighted by Gasteiger charge is 2.73. The molecule has 1 amide bonds. The first-order chi connectivity index (χ1) is 19.9. The number of anilines is 1. The molecule has 0 atom stereocenters. The van der Waals surface area contributed by atoms with Crippen LogP contribution in [0.1, 0.15) is 113 Å². The van der Waals surface area contributed by atoms with E-state index < -0.39 is 11.1 Å². The molecule has 8 fully saturated rings. The summed E-state index contributed by atoms with van der Waals surface area (Å²) in [5.41, 5.74) is 1.28. The number of hydrogen-bond donors (Lipinski definition) is 0. The Hall–Kier alpha value is -3.16. The summed E-state index contributed by atoms with van der Waals surface area (Å²) in [6.07, 6.45) is 15.8. The summed E-state index contributed by atoms with van der Waals surface area (Å²) in [5, 5.41) is 4.32. The smallest absolute Gasteiger partial charge is 0.233 e. The SMILES string of the molecule is O=C(N(CC12CCC(c3nc(C4CC4)no3)(CC1)CC2)c1cccc(-c2cnc(C3CC3)nc2)c1)C12CC(F)(C1)C2. The Labute approximate surface area is 239 Å². The van der Waals surface area contributed by atoms with Gasteiger partial charge in [-0.2, -0.15) is 4.98 Å². The van der Waals surface area contributed by atoms with Crippen molar-refractivity contribution in [3.63, 3.8) is 0 Å². The van der Waals surface area contributed by atoms with Crippen molar-refractivity contribution < 1.29 is 13.7 Å². The Balaban J connectivity index is 0.993. The first-order valence-electron chi connectivity index (χ1n) is 15.6. The van der Waals surface area contributed by atoms with Crippen LogP contribution in [-0.4, -0.2) is 38.2 Å². The van der Waals surface area contributed by atoms with Gasteiger partial charge in [-0.3, -0.25) is 4.79 Å². The molecule has 8 saturated carbocycles. The lowest BCUT2D eigenvalue weighted by atomic mass is 9.41. The van der Waals surface area contributed by atoms with Gasteiger partial charge in [-0.05, 0) is 107 Å². The van der Waals surface area contributed by atoms with Crippen LogP contribution in [0.15, 0.2) is 41.2 Å². The fourth-order valence-electron chi connectivity index (χ4n) is 8.46. The van der Waals surface area contributed by atoms with Gasteiger partial charge in [-0.15, -0.1) is 0 Å². The first-order valence-corrected chi connectivity index (χ1v) is 15.6. The Bertz CT molecular complexity index is 1500. The molecule has 11 rings (SSSR count). The number of halogens is 1. The summed E-state index contributed by atoms with van der Waals surface area (Å²) in [6.45, 7) is 0.681. The van der Waals surface area contributed by atoms with Gasteiger partial charge >= 0.3 is 0 Å². The zero-order valence-electron chi connectivity index (χ0n) is 23.4. The molecule has 0 unspecified atom stereocenters. The van der Waals surface area contributed by atoms with Crippen molar-refractivity contribution in [2.45, 2.75) is 106 Å². The van der Waals surface area contributed by atoms with Gasteiger partial charge in [0, 0.05) is 47.4 Å². The number of hydrogen-bond acceptors (Lipinski definition) is 6. The summed E-state index contributed by atoms with van der Waals surface area (Å²) >= 11 is 0. The molecule has 1 aromatic carbocycles. The molecule has 8 heteroatoms. The molecule has 8 aliphatic rings. The molecular weight excluding hydrogens is 517 g/mol. The summed E-state index contributed by atoms with van der Waals surface area (Å²) in [5.74, 6) is 3.78. The van der Waals surface area contributed by atoms with E-state index in [0.29, 0.717) is 37.6 Å². The summed E-state index contributed by atoms with van der Waals surface area (Å²) < 4.78 is 20.4. The van der Waals surface area contributed by atoms with Crippen molar-refractivity contribution in [2.75, 3.05) is 11.4 Å². The zero-order chi connectivity index (χ0) is 27.5. The van der Waals surface area contributed by atoms with E-state index in [1.54, 1.807) is 0 Å². The highest BCUT2D eigenvalue weighted by atomic mass is 19.1. The number of nitrogens with zero attached hydrogens (tertiary/aromatic N) is 5. The van der Waals surface area contributed by atoms with Crippen molar-refractivity contribution in [2.24, 2.45) is 10.8 Å². The van der Waals surface area contributed by atoms with E-state index in [0.717, 1.165) is 72.9 Å². The highest BCUT2D eigenvalue weighted by Crippen LogP contribution is 2.70. The zero-order valence-corrected chi connectivity index (χ0v) is 23.4. The predicted octanol–water partition coefficient (Wildman–Crippen LogP) is 6.80. The minimum atomic E-state index is -1.11. The number of fused-ring (bicyclic) bond motifs is 3. The molecule has 41 heavy (non-hydrogen) atoms. The van der Waals surface area contributed by atoms with Gasteiger partial charge in [0.05, 0.1) is 5.41 Å². The van der Waals surface area contributed by atoms with Crippen LogP contribution >= 0.6 is 0 Å². The number of rotatable bonds is 8. The van der Waals surface area contributed by atoms with Crippen LogP contribution in [0.5, 0.6) is 0 Å². The second-order valence-electron chi connectivity index (χ2n) is 14.5. The fourth-order valence-corrected chi connectivity index (χ4v) is 8.46. The Morgan fingerprint density at radius 3 is 2.20 bits per heavy atom. The average molecular weight is 554 g/mol. The van der Waals surface area contributed by atoms with E-state index in [9.17, 15) is 9.18 Å². The molecule has 212 valence electrons. The second kappa shape index (κ2) is 8.23. The monoisotopic (exact) mass is 553 g/mol. The molecule has 3 aromatic rings. The van der Waals surface area contributed by atoms with Crippen LogP contribution < -0.4 is 4.90 Å². The van der Waals surface area contributed by atoms with E-state index in [4.69, 9.17) is 9.51 Å². The van der Waals surface area contributed by atoms with Gasteiger partial charge < -0.3 is 9.42 Å². The van der Waals surface area contributed by atoms with Gasteiger partial charge in [0.1, 0.15) is 11.5 Å². The van der Waals surface area contributed by atoms with E-state index in [1.165, 1.54) is 25.7 Å². The lowest BCUT2D eigenvalue weighted by Crippen LogP contribution is -2.71. The molecule has 8 aliphatic carbocycles. The van der Waals surface area contributed by atoms with Crippen LogP contribution in [0.4, 0.5) is 10.1 Å². The standard InChI is InChI=1S/C33H36FN5O2/c34-33-17-32(18-33,19-33)29(40)39(25-3-1-2-23(14-25)24-15-35-26(36-16-24)21-4-5-21)20-30-8-11-31(12-9-30,13-10-30)28-37-27(38-41-28)22-6-7-22/h1-3,14-16,21-22H,4-13,17-20H2. The van der Waals surface area contributed by atoms with Crippen molar-refractivity contribution in [1.29, 1.82) is 0 Å². The molecule has 0 aliphatic heterocycles. The molecule has 4 bridgehead atoms. The minimum Gasteiger partial charge on any atom is -0.339 e. The lowest BCUT2D eigenvalue weighted by Gasteiger charge is -2.65. The normalized spacial score (nSPS) is 35.0. The number of amides is 1. The number of aromatic nitrogens is 4. The van der Waals surface area contributed by atoms with E-state index >= 15 is 0 Å². The van der Waals surface area contributed by atoms with Gasteiger partial charge in [-0.1, -0.05) is 17.3 Å². The van der Waals surface area contributed by atoms with Gasteiger partial charge in [0.2, 0.25) is 11.8 Å². The second-order valence-corrected chi connectivity index (χ2v) is 14.5. The lowest BCUT2D eigenvalue weighted by molar-refractivity contribution is -0.211. The van der Waals surface area contributed by atoms with E-state index in [2.05, 4.69) is 27.3 Å². The number of alkyl halides is 1. The van der Waals surface area contributed by atoms with Crippen LogP contribution in [0.2, 0.25) is 0 Å². The maximum absolute atomic E-state index is 14.6. The largest absolute Gasteiger partial charge is 0.339 e. The highest BCUT2D eigenvalue weighted by molar-refractivity contribution is 6.00. The molecule has 2 heterocycles. The van der Waals surface area contributed by atoms with Crippen molar-refractivity contribution in [1.82, 2.24) is 20.1 Å². The number of carbonyl (C=O) groups excluding carboxylic acids is 1. The van der Waals surface area contributed by atoms with Gasteiger partial charge in [-0.25, -0.2) is 14.4 Å². The predicted molar refractivity (Wildman–Crippen MR) is 150 cm³/mol. The van der Waals surface area contributed by atoms with E-state index in [-0.39, 0.29) is 16.7 Å². The molecule has 0 radical (unpaired) electrons. The maximum atomic E-state index is 14.6. The third-order valence-electron chi connectivity index (χ3n) is 11.5. The Morgan fingerprint density at radius 2 is 1.56 bits per heavy atom. The average Bonchev–Trinajstić information content (AvgIpc) is 3.93. The van der Waals surface area contributed by atoms with Crippen LogP contribution in [0.3, 0.4) is 0 Å². The van der Waals surface area contributed by atoms with Crippen LogP contribution in [0, 0.1) is 10.8 Å². The van der Waals surface area contributed by atoms with Crippen LogP contribution in [0.25, 0.3) is 11.1 Å². The van der Waals surface area contributed by atoms with Gasteiger partial charge in [0.25, 0.3) is 0 Å². The minimum absolute atomic E-state index is 0.0161. The third-order valence-corrected chi connectivity index (χ3v) is 11.5. The quantitative estimate of drug-likeness (QED) is 0.305.